The van der Waals surface area contributed by atoms with Crippen molar-refractivity contribution < 1.29 is 89.9 Å². The monoisotopic (exact) mass is 1140 g/mol. The second-order valence-corrected chi connectivity index (χ2v) is 23.7. The number of fused-ring (bicyclic) bond motifs is 2. The van der Waals surface area contributed by atoms with Gasteiger partial charge in [0.25, 0.3) is 0 Å². The van der Waals surface area contributed by atoms with Gasteiger partial charge in [-0.1, -0.05) is 91.3 Å². The standard InChI is InChI=1S/C59H105N3O18/c1-34(19-15-12-10-11-13-18-26-62-58(60)61-9)27-37(4)51-21-17-14-16-20-45(64)38(5)48(67)29-42(63)28-43(78-53(72)32-52(70)71)30-44-31-49(68)56(75)59(77,80-44)33-50(69)35(2)22-24-46(65)39(6)55(74)41(8)54(73)36(3)23-25-47(66)40(7)57(76)79-51/h10-11,14,16-17,20,34-51,54-56,63-69,73-75,77H,12-13,15,18-19,21-33H2,1-9H3,(H,70,71)(H3,60,61,62)/b11-10-,17-14+,20-16+/t34-,35-,36+,37-,38+,39+,40-,41-,42+,43+,44+,45-,46-,47+,48+,49+,50+,51-,54+,55-,56-,59+/m0/s1. The number of allylic oxidation sites excluding steroid dienone is 4. The maximum absolute atomic E-state index is 13.8. The van der Waals surface area contributed by atoms with Crippen molar-refractivity contribution in [1.82, 2.24) is 5.32 Å². The van der Waals surface area contributed by atoms with Gasteiger partial charge in [0.15, 0.2) is 11.7 Å². The molecule has 21 nitrogen and oxygen atoms in total. The molecule has 1 fully saturated rings. The zero-order valence-electron chi connectivity index (χ0n) is 49.2. The molecule has 464 valence electrons. The van der Waals surface area contributed by atoms with Crippen LogP contribution in [0.1, 0.15) is 165 Å². The van der Waals surface area contributed by atoms with E-state index >= 15 is 0 Å². The number of esters is 2. The minimum atomic E-state index is -2.54. The van der Waals surface area contributed by atoms with Gasteiger partial charge in [0.05, 0.1) is 67.0 Å². The number of carbonyl (C=O) groups excluding carboxylic acids is 2. The van der Waals surface area contributed by atoms with Gasteiger partial charge in [-0.15, -0.1) is 0 Å². The van der Waals surface area contributed by atoms with E-state index in [0.29, 0.717) is 24.7 Å². The molecule has 2 bridgehead atoms. The number of aliphatic imine (C=N–C) groups is 1. The second-order valence-electron chi connectivity index (χ2n) is 23.7. The van der Waals surface area contributed by atoms with Crippen molar-refractivity contribution in [2.24, 2.45) is 58.1 Å². The smallest absolute Gasteiger partial charge is 0.317 e. The third-order valence-corrected chi connectivity index (χ3v) is 16.7. The Hall–Kier alpha value is -3.58. The number of rotatable bonds is 14. The van der Waals surface area contributed by atoms with Gasteiger partial charge in [-0.25, -0.2) is 0 Å². The summed E-state index contributed by atoms with van der Waals surface area (Å²) in [5, 5.41) is 136. The number of guanidine groups is 1. The second kappa shape index (κ2) is 36.9. The normalized spacial score (nSPS) is 38.7. The van der Waals surface area contributed by atoms with Gasteiger partial charge in [-0.3, -0.25) is 19.4 Å². The molecule has 0 spiro atoms. The first-order chi connectivity index (χ1) is 37.5. The zero-order chi connectivity index (χ0) is 60.4. The fraction of sp³-hybridized carbons (Fsp3) is 0.831. The lowest BCUT2D eigenvalue weighted by Crippen LogP contribution is -2.60. The summed E-state index contributed by atoms with van der Waals surface area (Å²) < 4.78 is 17.5. The minimum Gasteiger partial charge on any atom is -0.481 e. The first-order valence-electron chi connectivity index (χ1n) is 29.3. The van der Waals surface area contributed by atoms with E-state index in [0.717, 1.165) is 45.1 Å². The van der Waals surface area contributed by atoms with Crippen molar-refractivity contribution in [3.05, 3.63) is 36.5 Å². The zero-order valence-corrected chi connectivity index (χ0v) is 49.2. The van der Waals surface area contributed by atoms with Crippen LogP contribution in [0.5, 0.6) is 0 Å². The summed E-state index contributed by atoms with van der Waals surface area (Å²) >= 11 is 0. The van der Waals surface area contributed by atoms with Gasteiger partial charge in [0, 0.05) is 63.5 Å². The molecule has 0 amide bonds. The van der Waals surface area contributed by atoms with Crippen LogP contribution < -0.4 is 11.1 Å². The largest absolute Gasteiger partial charge is 0.481 e. The molecule has 15 N–H and O–H groups in total. The first-order valence-corrected chi connectivity index (χ1v) is 29.3. The predicted octanol–water partition coefficient (Wildman–Crippen LogP) is 3.53. The Morgan fingerprint density at radius 1 is 0.787 bits per heavy atom. The maximum Gasteiger partial charge on any atom is 0.317 e. The molecule has 21 heteroatoms. The molecule has 2 heterocycles. The van der Waals surface area contributed by atoms with Crippen LogP contribution in [0, 0.1) is 47.3 Å². The van der Waals surface area contributed by atoms with Crippen LogP contribution >= 0.6 is 0 Å². The topological polar surface area (TPSA) is 372 Å². The molecule has 80 heavy (non-hydrogen) atoms. The molecule has 0 aromatic carbocycles. The Bertz CT molecular complexity index is 1910. The number of unbranched alkanes of at least 4 members (excludes halogenated alkanes) is 2. The van der Waals surface area contributed by atoms with Crippen LogP contribution in [0.2, 0.25) is 0 Å². The lowest BCUT2D eigenvalue weighted by molar-refractivity contribution is -0.333. The number of carboxylic acid groups (broad SMARTS) is 1. The maximum atomic E-state index is 13.8. The van der Waals surface area contributed by atoms with Crippen LogP contribution in [0.4, 0.5) is 0 Å². The third-order valence-electron chi connectivity index (χ3n) is 16.7. The number of carboxylic acids is 1. The Labute approximate surface area is 475 Å². The van der Waals surface area contributed by atoms with Gasteiger partial charge in [0.2, 0.25) is 0 Å². The van der Waals surface area contributed by atoms with Crippen molar-refractivity contribution >= 4 is 23.9 Å². The van der Waals surface area contributed by atoms with Crippen molar-refractivity contribution in [2.75, 3.05) is 13.6 Å². The first kappa shape index (κ1) is 72.5. The number of nitrogens with zero attached hydrogens (tertiary/aromatic N) is 1. The fourth-order valence-electron chi connectivity index (χ4n) is 10.7. The quantitative estimate of drug-likeness (QED) is 0.0295. The van der Waals surface area contributed by atoms with E-state index in [9.17, 15) is 75.7 Å². The molecule has 2 rings (SSSR count). The molecule has 22 atom stereocenters. The van der Waals surface area contributed by atoms with Crippen molar-refractivity contribution in [3.63, 3.8) is 0 Å². The number of aliphatic hydroxyl groups excluding tert-OH is 10. The van der Waals surface area contributed by atoms with Gasteiger partial charge in [0.1, 0.15) is 24.7 Å². The number of aliphatic hydroxyl groups is 11. The molecule has 2 aliphatic rings. The summed E-state index contributed by atoms with van der Waals surface area (Å²) in [4.78, 5) is 41.7. The van der Waals surface area contributed by atoms with E-state index in [1.807, 2.05) is 6.92 Å². The highest BCUT2D eigenvalue weighted by molar-refractivity contribution is 5.90. The van der Waals surface area contributed by atoms with E-state index < -0.39 is 151 Å². The molecule has 0 aromatic heterocycles. The third kappa shape index (κ3) is 25.9. The van der Waals surface area contributed by atoms with E-state index in [-0.39, 0.29) is 50.9 Å². The number of nitrogens with two attached hydrogens (primary N) is 1. The lowest BCUT2D eigenvalue weighted by atomic mass is 9.79. The summed E-state index contributed by atoms with van der Waals surface area (Å²) in [7, 11) is 1.63. The van der Waals surface area contributed by atoms with Gasteiger partial charge < -0.3 is 86.5 Å². The van der Waals surface area contributed by atoms with E-state index in [2.05, 4.69) is 29.4 Å². The van der Waals surface area contributed by atoms with Gasteiger partial charge in [-0.2, -0.15) is 0 Å². The number of aliphatic carboxylic acids is 1. The molecule has 0 unspecified atom stereocenters. The van der Waals surface area contributed by atoms with Crippen LogP contribution in [-0.4, -0.2) is 184 Å². The number of ether oxygens (including phenoxy) is 3. The number of carbonyl (C=O) groups is 3. The van der Waals surface area contributed by atoms with Crippen LogP contribution in [0.15, 0.2) is 41.4 Å². The van der Waals surface area contributed by atoms with Crippen molar-refractivity contribution in [1.29, 1.82) is 0 Å². The summed E-state index contributed by atoms with van der Waals surface area (Å²) in [5.74, 6) is -9.40. The Morgan fingerprint density at radius 2 is 1.43 bits per heavy atom. The van der Waals surface area contributed by atoms with Crippen LogP contribution in [0.3, 0.4) is 0 Å². The summed E-state index contributed by atoms with van der Waals surface area (Å²) in [5.41, 5.74) is 5.68. The number of hydrogen-bond donors (Lipinski definition) is 14. The summed E-state index contributed by atoms with van der Waals surface area (Å²) in [6, 6.07) is 0. The van der Waals surface area contributed by atoms with Crippen LogP contribution in [-0.2, 0) is 28.6 Å². The minimum absolute atomic E-state index is 0.0796. The van der Waals surface area contributed by atoms with Crippen molar-refractivity contribution in [3.8, 4) is 0 Å². The number of nitrogens with one attached hydrogen (secondary N) is 1. The Balaban J connectivity index is 2.40. The highest BCUT2D eigenvalue weighted by Gasteiger charge is 2.50. The van der Waals surface area contributed by atoms with E-state index in [4.69, 9.17) is 19.9 Å². The summed E-state index contributed by atoms with van der Waals surface area (Å²) in [6.45, 7) is 14.8. The van der Waals surface area contributed by atoms with Crippen LogP contribution in [0.25, 0.3) is 0 Å². The van der Waals surface area contributed by atoms with Gasteiger partial charge in [-0.05, 0) is 94.8 Å². The van der Waals surface area contributed by atoms with E-state index in [1.54, 1.807) is 66.8 Å². The molecule has 0 radical (unpaired) electrons. The molecule has 0 aliphatic carbocycles. The number of hydrogen-bond acceptors (Lipinski definition) is 18. The average molecular weight is 1140 g/mol. The average Bonchev–Trinajstić information content (AvgIpc) is 3.39. The Morgan fingerprint density at radius 3 is 2.08 bits per heavy atom. The molecule has 1 saturated heterocycles. The highest BCUT2D eigenvalue weighted by Crippen LogP contribution is 2.37. The highest BCUT2D eigenvalue weighted by atomic mass is 16.7. The number of cyclic esters (lactones) is 1. The fourth-order valence-corrected chi connectivity index (χ4v) is 10.7. The predicted molar refractivity (Wildman–Crippen MR) is 302 cm³/mol. The lowest BCUT2D eigenvalue weighted by Gasteiger charge is -2.45. The molecule has 0 aromatic rings. The van der Waals surface area contributed by atoms with E-state index in [1.165, 1.54) is 6.08 Å². The molecule has 0 saturated carbocycles. The molecular formula is C59H105N3O18. The summed E-state index contributed by atoms with van der Waals surface area (Å²) in [6.07, 6.45) is -1.81. The SMILES string of the molecule is CN=C(N)NCCC/C=C\CCC[C@H](C)C[C@H](C)[C@@H]1C/C=C/C=C/[C@H](O)[C@@H](C)[C@H](O)C[C@H](O)C[C@@H](OC(=O)CC(=O)O)C[C@@H]2C[C@@H](O)[C@H](O)[C@@](O)(C[C@@H](O)[C@@H](C)CC[C@H](O)[C@@H](C)[C@H](O)[C@@H](C)[C@H](O)[C@H](C)CC[C@@H](O)[C@H](C)C(=O)O1)O2. The van der Waals surface area contributed by atoms with Crippen molar-refractivity contribution in [2.45, 2.75) is 250 Å². The van der Waals surface area contributed by atoms with Gasteiger partial charge >= 0.3 is 17.9 Å². The molecule has 2 aliphatic heterocycles. The Kier molecular flexibility index (Phi) is 33.4. The molecular weight excluding hydrogens is 1040 g/mol.